The van der Waals surface area contributed by atoms with Gasteiger partial charge >= 0.3 is 0 Å². The number of carbonyl (C=O) groups is 1. The fraction of sp³-hybridized carbons (Fsp3) is 0.0952. The lowest BCUT2D eigenvalue weighted by molar-refractivity contribution is 0.103. The molecule has 0 bridgehead atoms. The van der Waals surface area contributed by atoms with E-state index in [1.54, 1.807) is 18.3 Å². The Morgan fingerprint density at radius 3 is 2.67 bits per heavy atom. The first-order valence-electron chi connectivity index (χ1n) is 8.43. The highest BCUT2D eigenvalue weighted by Crippen LogP contribution is 2.23. The number of nitrogens with one attached hydrogen (secondary N) is 1. The van der Waals surface area contributed by atoms with Crippen LogP contribution in [0.2, 0.25) is 0 Å². The molecule has 0 fully saturated rings. The third-order valence-corrected chi connectivity index (χ3v) is 6.01. The van der Waals surface area contributed by atoms with Crippen LogP contribution in [0.5, 0.6) is 0 Å². The molecule has 2 heterocycles. The molecule has 4 rings (SSSR count). The molecule has 27 heavy (non-hydrogen) atoms. The topological polar surface area (TPSA) is 59.1 Å². The summed E-state index contributed by atoms with van der Waals surface area (Å²) < 4.78 is -0.113. The highest BCUT2D eigenvalue weighted by molar-refractivity contribution is 7.16. The Kier molecular flexibility index (Phi) is 4.83. The van der Waals surface area contributed by atoms with Crippen LogP contribution in [0.4, 0.5) is 5.13 Å². The Morgan fingerprint density at radius 1 is 1.07 bits per heavy atom. The second-order valence-corrected chi connectivity index (χ2v) is 8.36. The summed E-state index contributed by atoms with van der Waals surface area (Å²) in [5, 5.41) is 4.74. The Labute approximate surface area is 164 Å². The first-order chi connectivity index (χ1) is 13.1. The zero-order chi connectivity index (χ0) is 18.8. The van der Waals surface area contributed by atoms with Gasteiger partial charge in [-0.1, -0.05) is 59.4 Å². The van der Waals surface area contributed by atoms with E-state index in [1.165, 1.54) is 22.5 Å². The maximum absolute atomic E-state index is 12.5. The van der Waals surface area contributed by atoms with Crippen molar-refractivity contribution in [2.24, 2.45) is 0 Å². The zero-order valence-corrected chi connectivity index (χ0v) is 16.2. The van der Waals surface area contributed by atoms with Gasteiger partial charge in [0, 0.05) is 22.9 Å². The van der Waals surface area contributed by atoms with Crippen LogP contribution in [-0.4, -0.2) is 10.9 Å². The number of aryl methyl sites for hydroxylation is 1. The third-order valence-electron chi connectivity index (χ3n) is 4.17. The smallest absolute Gasteiger partial charge is 0.267 e. The molecule has 0 saturated carbocycles. The number of benzene rings is 2. The fourth-order valence-electron chi connectivity index (χ4n) is 2.76. The lowest BCUT2D eigenvalue weighted by Crippen LogP contribution is -2.12. The molecule has 0 aliphatic carbocycles. The number of carbonyl (C=O) groups excluding carboxylic acids is 1. The molecule has 1 N–H and O–H groups in total. The van der Waals surface area contributed by atoms with E-state index >= 15 is 0 Å². The molecular weight excluding hydrogens is 376 g/mol. The van der Waals surface area contributed by atoms with Crippen molar-refractivity contribution in [2.75, 3.05) is 5.32 Å². The van der Waals surface area contributed by atoms with Crippen LogP contribution >= 0.6 is 22.7 Å². The summed E-state index contributed by atoms with van der Waals surface area (Å²) in [6, 6.07) is 17.4. The largest absolute Gasteiger partial charge is 0.297 e. The standard InChI is InChI=1S/C21H16N2O2S2/c1-13-6-8-14(9-7-13)10-16-12-22-21(26-16)23-19(24)18-11-15-4-2-3-5-17(15)20(25)27-18/h2-9,11-12H,10H2,1H3,(H,22,23,24). The number of anilines is 1. The lowest BCUT2D eigenvalue weighted by Gasteiger charge is -2.02. The lowest BCUT2D eigenvalue weighted by atomic mass is 10.1. The van der Waals surface area contributed by atoms with Gasteiger partial charge in [0.2, 0.25) is 4.74 Å². The van der Waals surface area contributed by atoms with Gasteiger partial charge in [0.15, 0.2) is 5.13 Å². The molecule has 0 spiro atoms. The highest BCUT2D eigenvalue weighted by atomic mass is 32.1. The number of aromatic nitrogens is 1. The quantitative estimate of drug-likeness (QED) is 0.539. The fourth-order valence-corrected chi connectivity index (χ4v) is 4.43. The molecule has 134 valence electrons. The molecule has 1 amide bonds. The average Bonchev–Trinajstić information content (AvgIpc) is 3.10. The normalized spacial score (nSPS) is 10.9. The Balaban J connectivity index is 1.51. The molecule has 0 aliphatic rings. The molecule has 4 nitrogen and oxygen atoms in total. The van der Waals surface area contributed by atoms with Crippen molar-refractivity contribution in [1.82, 2.24) is 4.98 Å². The molecule has 2 aromatic carbocycles. The molecule has 0 aliphatic heterocycles. The van der Waals surface area contributed by atoms with E-state index in [1.807, 2.05) is 18.2 Å². The second kappa shape index (κ2) is 7.42. The second-order valence-electron chi connectivity index (χ2n) is 6.23. The minimum Gasteiger partial charge on any atom is -0.297 e. The molecule has 0 atom stereocenters. The van der Waals surface area contributed by atoms with E-state index < -0.39 is 0 Å². The molecule has 2 aromatic heterocycles. The maximum Gasteiger partial charge on any atom is 0.267 e. The molecule has 4 aromatic rings. The van der Waals surface area contributed by atoms with Crippen LogP contribution in [0.25, 0.3) is 10.8 Å². The van der Waals surface area contributed by atoms with Gasteiger partial charge in [0.25, 0.3) is 5.91 Å². The van der Waals surface area contributed by atoms with Crippen LogP contribution in [0.3, 0.4) is 0 Å². The molecule has 0 unspecified atom stereocenters. The predicted octanol–water partition coefficient (Wildman–Crippen LogP) is 4.87. The molecule has 0 radical (unpaired) electrons. The number of rotatable bonds is 4. The summed E-state index contributed by atoms with van der Waals surface area (Å²) in [4.78, 5) is 30.5. The Hall–Kier alpha value is -2.83. The van der Waals surface area contributed by atoms with Gasteiger partial charge in [0.05, 0.1) is 4.88 Å². The van der Waals surface area contributed by atoms with Crippen LogP contribution in [0.1, 0.15) is 25.7 Å². The monoisotopic (exact) mass is 392 g/mol. The number of nitrogens with zero attached hydrogens (tertiary/aromatic N) is 1. The summed E-state index contributed by atoms with van der Waals surface area (Å²) >= 11 is 2.40. The average molecular weight is 393 g/mol. The van der Waals surface area contributed by atoms with E-state index in [9.17, 15) is 9.59 Å². The molecule has 0 saturated heterocycles. The minimum absolute atomic E-state index is 0.113. The van der Waals surface area contributed by atoms with Gasteiger partial charge in [-0.15, -0.1) is 11.3 Å². The zero-order valence-electron chi connectivity index (χ0n) is 14.6. The van der Waals surface area contributed by atoms with Gasteiger partial charge in [-0.3, -0.25) is 14.9 Å². The summed E-state index contributed by atoms with van der Waals surface area (Å²) in [6.07, 6.45) is 2.56. The van der Waals surface area contributed by atoms with Crippen molar-refractivity contribution in [3.8, 4) is 0 Å². The first kappa shape index (κ1) is 17.6. The molecule has 6 heteroatoms. The van der Waals surface area contributed by atoms with E-state index in [0.29, 0.717) is 15.4 Å². The van der Waals surface area contributed by atoms with Crippen molar-refractivity contribution in [2.45, 2.75) is 13.3 Å². The van der Waals surface area contributed by atoms with Crippen LogP contribution in [-0.2, 0) is 6.42 Å². The van der Waals surface area contributed by atoms with E-state index in [4.69, 9.17) is 0 Å². The number of fused-ring (bicyclic) bond motifs is 1. The van der Waals surface area contributed by atoms with E-state index in [0.717, 1.165) is 28.0 Å². The maximum atomic E-state index is 12.5. The van der Waals surface area contributed by atoms with Crippen LogP contribution < -0.4 is 10.1 Å². The summed E-state index contributed by atoms with van der Waals surface area (Å²) in [7, 11) is 0. The summed E-state index contributed by atoms with van der Waals surface area (Å²) in [6.45, 7) is 2.06. The number of thiazole rings is 1. The van der Waals surface area contributed by atoms with Gasteiger partial charge in [-0.05, 0) is 30.0 Å². The predicted molar refractivity (Wildman–Crippen MR) is 112 cm³/mol. The van der Waals surface area contributed by atoms with Crippen LogP contribution in [0.15, 0.2) is 65.6 Å². The Bertz CT molecular complexity index is 1180. The summed E-state index contributed by atoms with van der Waals surface area (Å²) in [5.74, 6) is -0.306. The van der Waals surface area contributed by atoms with Crippen molar-refractivity contribution in [3.63, 3.8) is 0 Å². The van der Waals surface area contributed by atoms with E-state index in [-0.39, 0.29) is 10.6 Å². The van der Waals surface area contributed by atoms with Crippen molar-refractivity contribution < 1.29 is 4.79 Å². The van der Waals surface area contributed by atoms with Crippen LogP contribution in [0, 0.1) is 6.92 Å². The number of hydrogen-bond donors (Lipinski definition) is 1. The van der Waals surface area contributed by atoms with Crippen molar-refractivity contribution >= 4 is 44.5 Å². The van der Waals surface area contributed by atoms with Gasteiger partial charge in [0.1, 0.15) is 0 Å². The minimum atomic E-state index is -0.306. The first-order valence-corrected chi connectivity index (χ1v) is 10.1. The number of amides is 1. The third kappa shape index (κ3) is 3.97. The van der Waals surface area contributed by atoms with Gasteiger partial charge < -0.3 is 0 Å². The SMILES string of the molecule is Cc1ccc(Cc2cnc(NC(=O)c3cc4ccccc4c(=O)s3)s2)cc1. The van der Waals surface area contributed by atoms with Gasteiger partial charge in [-0.25, -0.2) is 4.98 Å². The van der Waals surface area contributed by atoms with Crippen molar-refractivity contribution in [3.05, 3.63) is 91.2 Å². The van der Waals surface area contributed by atoms with Crippen molar-refractivity contribution in [1.29, 1.82) is 0 Å². The summed E-state index contributed by atoms with van der Waals surface area (Å²) in [5.41, 5.74) is 2.43. The highest BCUT2D eigenvalue weighted by Gasteiger charge is 2.13. The van der Waals surface area contributed by atoms with E-state index in [2.05, 4.69) is 41.5 Å². The van der Waals surface area contributed by atoms with Gasteiger partial charge in [-0.2, -0.15) is 0 Å². The Morgan fingerprint density at radius 2 is 1.85 bits per heavy atom. The number of hydrogen-bond acceptors (Lipinski definition) is 5. The molecular formula is C21H16N2O2S2.